The molecule has 3 rings (SSSR count). The first-order valence-corrected chi connectivity index (χ1v) is 7.85. The van der Waals surface area contributed by atoms with Gasteiger partial charge in [-0.3, -0.25) is 4.79 Å². The topological polar surface area (TPSA) is 86.7 Å². The minimum absolute atomic E-state index is 0.205. The van der Waals surface area contributed by atoms with Gasteiger partial charge >= 0.3 is 0 Å². The molecule has 0 fully saturated rings. The van der Waals surface area contributed by atoms with Crippen LogP contribution in [0.5, 0.6) is 5.75 Å². The monoisotopic (exact) mass is 344 g/mol. The molecule has 1 atom stereocenters. The van der Waals surface area contributed by atoms with Gasteiger partial charge in [-0.25, -0.2) is 0 Å². The van der Waals surface area contributed by atoms with Crippen molar-refractivity contribution in [2.75, 3.05) is 14.2 Å². The number of nitrogens with zero attached hydrogens (tertiary/aromatic N) is 1. The van der Waals surface area contributed by atoms with Gasteiger partial charge in [0, 0.05) is 18.1 Å². The largest absolute Gasteiger partial charge is 0.497 e. The van der Waals surface area contributed by atoms with Gasteiger partial charge in [-0.1, -0.05) is 5.16 Å². The fourth-order valence-corrected chi connectivity index (χ4v) is 2.78. The Morgan fingerprint density at radius 1 is 1.36 bits per heavy atom. The molecule has 25 heavy (non-hydrogen) atoms. The maximum atomic E-state index is 12.5. The average Bonchev–Trinajstić information content (AvgIpc) is 3.20. The van der Waals surface area contributed by atoms with Gasteiger partial charge in [-0.2, -0.15) is 0 Å². The first-order chi connectivity index (χ1) is 12.0. The molecule has 3 aromatic rings. The Balaban J connectivity index is 1.84. The number of aryl methyl sites for hydroxylation is 1. The number of hydrogen-bond acceptors (Lipinski definition) is 6. The number of carbonyl (C=O) groups is 1. The van der Waals surface area contributed by atoms with E-state index in [1.54, 1.807) is 7.11 Å². The first kappa shape index (κ1) is 17.0. The molecule has 0 spiro atoms. The Labute approximate surface area is 144 Å². The number of rotatable bonds is 6. The Kier molecular flexibility index (Phi) is 4.76. The lowest BCUT2D eigenvalue weighted by atomic mass is 10.1. The van der Waals surface area contributed by atoms with E-state index in [9.17, 15) is 4.79 Å². The molecule has 1 amide bonds. The van der Waals surface area contributed by atoms with Crippen LogP contribution in [0.1, 0.15) is 40.3 Å². The zero-order chi connectivity index (χ0) is 18.0. The number of ether oxygens (including phenoxy) is 2. The molecule has 2 aromatic heterocycles. The van der Waals surface area contributed by atoms with E-state index in [4.69, 9.17) is 18.4 Å². The van der Waals surface area contributed by atoms with E-state index in [1.807, 2.05) is 32.0 Å². The maximum absolute atomic E-state index is 12.5. The van der Waals surface area contributed by atoms with Crippen molar-refractivity contribution in [3.63, 3.8) is 0 Å². The predicted octanol–water partition coefficient (Wildman–Crippen LogP) is 3.38. The van der Waals surface area contributed by atoms with Gasteiger partial charge in [0.1, 0.15) is 34.6 Å². The predicted molar refractivity (Wildman–Crippen MR) is 90.6 cm³/mol. The van der Waals surface area contributed by atoms with Crippen LogP contribution < -0.4 is 10.1 Å². The average molecular weight is 344 g/mol. The van der Waals surface area contributed by atoms with E-state index in [2.05, 4.69) is 10.5 Å². The lowest BCUT2D eigenvalue weighted by Gasteiger charge is -2.12. The van der Waals surface area contributed by atoms with Crippen LogP contribution in [-0.4, -0.2) is 25.3 Å². The summed E-state index contributed by atoms with van der Waals surface area (Å²) in [6.45, 7) is 4.03. The quantitative estimate of drug-likeness (QED) is 0.738. The van der Waals surface area contributed by atoms with E-state index in [0.717, 1.165) is 22.3 Å². The number of fused-ring (bicyclic) bond motifs is 1. The molecule has 7 nitrogen and oxygen atoms in total. The summed E-state index contributed by atoms with van der Waals surface area (Å²) in [6, 6.07) is 5.29. The molecule has 0 aliphatic carbocycles. The molecule has 0 aliphatic heterocycles. The lowest BCUT2D eigenvalue weighted by Crippen LogP contribution is -2.27. The summed E-state index contributed by atoms with van der Waals surface area (Å²) in [5.41, 5.74) is 2.52. The van der Waals surface area contributed by atoms with E-state index in [0.29, 0.717) is 17.0 Å². The molecule has 0 aliphatic rings. The summed E-state index contributed by atoms with van der Waals surface area (Å²) in [5, 5.41) is 7.65. The molecule has 0 radical (unpaired) electrons. The lowest BCUT2D eigenvalue weighted by molar-refractivity contribution is 0.0930. The summed E-state index contributed by atoms with van der Waals surface area (Å²) < 4.78 is 21.1. The SMILES string of the molecule is COCc1nocc1C(=O)NC(C)c1oc2ccc(OC)cc2c1C. The highest BCUT2D eigenvalue weighted by Crippen LogP contribution is 2.32. The number of nitrogens with one attached hydrogen (secondary N) is 1. The Morgan fingerprint density at radius 3 is 2.88 bits per heavy atom. The van der Waals surface area contributed by atoms with Crippen LogP contribution in [0.4, 0.5) is 0 Å². The van der Waals surface area contributed by atoms with Gasteiger partial charge in [0.05, 0.1) is 19.8 Å². The third kappa shape index (κ3) is 3.23. The third-order valence-electron chi connectivity index (χ3n) is 4.09. The van der Waals surface area contributed by atoms with Crippen LogP contribution in [0.15, 0.2) is 33.4 Å². The Bertz CT molecular complexity index is 896. The number of aromatic nitrogens is 1. The van der Waals surface area contributed by atoms with Gasteiger partial charge in [0.2, 0.25) is 0 Å². The highest BCUT2D eigenvalue weighted by molar-refractivity contribution is 5.95. The van der Waals surface area contributed by atoms with Crippen LogP contribution in [-0.2, 0) is 11.3 Å². The van der Waals surface area contributed by atoms with Crippen molar-refractivity contribution in [3.05, 3.63) is 47.0 Å². The Hall–Kier alpha value is -2.80. The fourth-order valence-electron chi connectivity index (χ4n) is 2.78. The molecule has 1 unspecified atom stereocenters. The molecular formula is C18H20N2O5. The summed E-state index contributed by atoms with van der Waals surface area (Å²) in [5.74, 6) is 1.16. The second kappa shape index (κ2) is 6.98. The number of methoxy groups -OCH3 is 2. The molecule has 7 heteroatoms. The zero-order valence-electron chi connectivity index (χ0n) is 14.6. The van der Waals surface area contributed by atoms with Crippen molar-refractivity contribution in [3.8, 4) is 5.75 Å². The molecule has 1 aromatic carbocycles. The van der Waals surface area contributed by atoms with Crippen molar-refractivity contribution in [2.45, 2.75) is 26.5 Å². The number of furan rings is 1. The van der Waals surface area contributed by atoms with Crippen molar-refractivity contribution in [1.29, 1.82) is 0 Å². The van der Waals surface area contributed by atoms with E-state index >= 15 is 0 Å². The maximum Gasteiger partial charge on any atom is 0.257 e. The van der Waals surface area contributed by atoms with Gasteiger partial charge in [0.15, 0.2) is 0 Å². The normalized spacial score (nSPS) is 12.3. The van der Waals surface area contributed by atoms with Gasteiger partial charge in [-0.15, -0.1) is 0 Å². The number of benzene rings is 1. The van der Waals surface area contributed by atoms with Crippen LogP contribution in [0.25, 0.3) is 11.0 Å². The van der Waals surface area contributed by atoms with Crippen molar-refractivity contribution in [1.82, 2.24) is 10.5 Å². The van der Waals surface area contributed by atoms with Crippen LogP contribution >= 0.6 is 0 Å². The van der Waals surface area contributed by atoms with Gasteiger partial charge in [-0.05, 0) is 32.0 Å². The van der Waals surface area contributed by atoms with Crippen LogP contribution in [0, 0.1) is 6.92 Å². The molecule has 0 saturated heterocycles. The van der Waals surface area contributed by atoms with E-state index < -0.39 is 0 Å². The third-order valence-corrected chi connectivity index (χ3v) is 4.09. The summed E-state index contributed by atoms with van der Waals surface area (Å²) in [7, 11) is 3.15. The number of hydrogen-bond donors (Lipinski definition) is 1. The smallest absolute Gasteiger partial charge is 0.257 e. The Morgan fingerprint density at radius 2 is 2.16 bits per heavy atom. The van der Waals surface area contributed by atoms with E-state index in [-0.39, 0.29) is 18.6 Å². The van der Waals surface area contributed by atoms with E-state index in [1.165, 1.54) is 13.4 Å². The van der Waals surface area contributed by atoms with Crippen LogP contribution in [0.3, 0.4) is 0 Å². The summed E-state index contributed by atoms with van der Waals surface area (Å²) >= 11 is 0. The summed E-state index contributed by atoms with van der Waals surface area (Å²) in [6.07, 6.45) is 1.31. The van der Waals surface area contributed by atoms with Crippen molar-refractivity contribution in [2.24, 2.45) is 0 Å². The van der Waals surface area contributed by atoms with Gasteiger partial charge in [0.25, 0.3) is 5.91 Å². The first-order valence-electron chi connectivity index (χ1n) is 7.85. The van der Waals surface area contributed by atoms with Gasteiger partial charge < -0.3 is 23.7 Å². The van der Waals surface area contributed by atoms with Crippen molar-refractivity contribution >= 4 is 16.9 Å². The van der Waals surface area contributed by atoms with Crippen LogP contribution in [0.2, 0.25) is 0 Å². The minimum Gasteiger partial charge on any atom is -0.497 e. The summed E-state index contributed by atoms with van der Waals surface area (Å²) in [4.78, 5) is 12.5. The zero-order valence-corrected chi connectivity index (χ0v) is 14.6. The second-order valence-corrected chi connectivity index (χ2v) is 5.76. The molecular weight excluding hydrogens is 324 g/mol. The second-order valence-electron chi connectivity index (χ2n) is 5.76. The minimum atomic E-state index is -0.323. The molecule has 1 N–H and O–H groups in total. The highest BCUT2D eigenvalue weighted by Gasteiger charge is 2.22. The van der Waals surface area contributed by atoms with Crippen molar-refractivity contribution < 1.29 is 23.2 Å². The number of carbonyl (C=O) groups excluding carboxylic acids is 1. The molecule has 2 heterocycles. The highest BCUT2D eigenvalue weighted by atomic mass is 16.5. The molecule has 0 bridgehead atoms. The molecule has 0 saturated carbocycles. The fraction of sp³-hybridized carbons (Fsp3) is 0.333. The molecule has 132 valence electrons. The standard InChI is InChI=1S/C18H20N2O5/c1-10-13-7-12(23-4)5-6-16(13)25-17(10)11(2)19-18(21)14-8-24-20-15(14)9-22-3/h5-8,11H,9H2,1-4H3,(H,19,21). The number of amides is 1.